The van der Waals surface area contributed by atoms with Gasteiger partial charge in [-0.1, -0.05) is 18.2 Å². The average Bonchev–Trinajstić information content (AvgIpc) is 2.67. The van der Waals surface area contributed by atoms with Gasteiger partial charge in [-0.3, -0.25) is 19.5 Å². The van der Waals surface area contributed by atoms with Crippen molar-refractivity contribution in [3.63, 3.8) is 0 Å². The Labute approximate surface area is 162 Å². The van der Waals surface area contributed by atoms with E-state index in [2.05, 4.69) is 22.4 Å². The van der Waals surface area contributed by atoms with Gasteiger partial charge in [-0.05, 0) is 26.0 Å². The Hall–Kier alpha value is -2.87. The number of nitrogens with one attached hydrogen (secondary N) is 2. The molecule has 1 fully saturated rings. The molecular weight excluding hydrogens is 360 g/mol. The van der Waals surface area contributed by atoms with Crippen LogP contribution in [-0.2, 0) is 11.3 Å². The number of aromatic nitrogens is 2. The van der Waals surface area contributed by atoms with E-state index >= 15 is 0 Å². The predicted octanol–water partition coefficient (Wildman–Crippen LogP) is 0.641. The van der Waals surface area contributed by atoms with Crippen LogP contribution in [0.3, 0.4) is 0 Å². The zero-order chi connectivity index (χ0) is 19.7. The van der Waals surface area contributed by atoms with Crippen LogP contribution in [0.1, 0.15) is 30.9 Å². The Bertz CT molecular complexity index is 988. The molecule has 0 unspecified atom stereocenters. The minimum absolute atomic E-state index is 0.202. The molecule has 2 aliphatic rings. The molecule has 3 heterocycles. The van der Waals surface area contributed by atoms with Gasteiger partial charge in [-0.25, -0.2) is 4.68 Å². The van der Waals surface area contributed by atoms with E-state index in [0.717, 1.165) is 54.1 Å². The van der Waals surface area contributed by atoms with Gasteiger partial charge in [0.1, 0.15) is 17.9 Å². The Morgan fingerprint density at radius 1 is 1.21 bits per heavy atom. The lowest BCUT2D eigenvalue weighted by molar-refractivity contribution is -0.123. The van der Waals surface area contributed by atoms with Crippen molar-refractivity contribution in [3.05, 3.63) is 62.7 Å². The van der Waals surface area contributed by atoms with Crippen LogP contribution in [0.25, 0.3) is 0 Å². The number of likely N-dealkylation sites (tertiary alicyclic amines) is 1. The third-order valence-corrected chi connectivity index (χ3v) is 5.62. The van der Waals surface area contributed by atoms with Crippen molar-refractivity contribution in [2.24, 2.45) is 0 Å². The average molecular weight is 384 g/mol. The molecule has 8 nitrogen and oxygen atoms in total. The number of benzene rings is 1. The first-order valence-electron chi connectivity index (χ1n) is 9.50. The number of hydrogen-bond donors (Lipinski definition) is 2. The van der Waals surface area contributed by atoms with E-state index in [-0.39, 0.29) is 24.1 Å². The fourth-order valence-corrected chi connectivity index (χ4v) is 4.04. The van der Waals surface area contributed by atoms with Crippen LogP contribution in [0.15, 0.2) is 46.0 Å². The second kappa shape index (κ2) is 7.27. The number of H-pyrrole nitrogens is 1. The summed E-state index contributed by atoms with van der Waals surface area (Å²) in [4.78, 5) is 38.2. The largest absolute Gasteiger partial charge is 0.487 e. The molecule has 2 aliphatic heterocycles. The number of carbonyl (C=O) groups excluding carboxylic acids is 1. The molecule has 0 saturated carbocycles. The maximum atomic E-state index is 12.6. The van der Waals surface area contributed by atoms with Gasteiger partial charge in [-0.15, -0.1) is 0 Å². The van der Waals surface area contributed by atoms with Gasteiger partial charge in [0.2, 0.25) is 5.91 Å². The molecule has 1 aromatic carbocycles. The normalized spacial score (nSPS) is 21.0. The second-order valence-electron chi connectivity index (χ2n) is 7.68. The summed E-state index contributed by atoms with van der Waals surface area (Å²) >= 11 is 0. The molecule has 8 heteroatoms. The predicted molar refractivity (Wildman–Crippen MR) is 103 cm³/mol. The van der Waals surface area contributed by atoms with Crippen molar-refractivity contribution in [2.75, 3.05) is 20.1 Å². The minimum atomic E-state index is -0.422. The summed E-state index contributed by atoms with van der Waals surface area (Å²) in [5, 5.41) is 5.42. The maximum Gasteiger partial charge on any atom is 0.265 e. The highest BCUT2D eigenvalue weighted by atomic mass is 16.5. The van der Waals surface area contributed by atoms with Crippen LogP contribution in [0, 0.1) is 0 Å². The number of ether oxygens (including phenoxy) is 1. The summed E-state index contributed by atoms with van der Waals surface area (Å²) in [6.07, 6.45) is 2.48. The lowest BCUT2D eigenvalue weighted by Gasteiger charge is -2.46. The van der Waals surface area contributed by atoms with Crippen molar-refractivity contribution in [3.8, 4) is 5.75 Å². The van der Waals surface area contributed by atoms with E-state index < -0.39 is 11.1 Å². The lowest BCUT2D eigenvalue weighted by Crippen LogP contribution is -2.51. The maximum absolute atomic E-state index is 12.6. The fourth-order valence-electron chi connectivity index (χ4n) is 4.04. The molecular formula is C20H24N4O4. The van der Waals surface area contributed by atoms with E-state index in [1.54, 1.807) is 0 Å². The number of aromatic amines is 1. The molecule has 1 atom stereocenters. The summed E-state index contributed by atoms with van der Waals surface area (Å²) in [5.74, 6) is 0.475. The number of fused-ring (bicyclic) bond motifs is 1. The number of carbonyl (C=O) groups is 1. The lowest BCUT2D eigenvalue weighted by atomic mass is 9.80. The number of nitrogens with zero attached hydrogens (tertiary/aromatic N) is 2. The highest BCUT2D eigenvalue weighted by molar-refractivity contribution is 5.76. The molecule has 28 heavy (non-hydrogen) atoms. The molecule has 0 bridgehead atoms. The Kier molecular flexibility index (Phi) is 4.80. The number of para-hydroxylation sites is 1. The second-order valence-corrected chi connectivity index (χ2v) is 7.68. The summed E-state index contributed by atoms with van der Waals surface area (Å²) in [6, 6.07) is 9.85. The Morgan fingerprint density at radius 3 is 2.75 bits per heavy atom. The highest BCUT2D eigenvalue weighted by Gasteiger charge is 2.43. The summed E-state index contributed by atoms with van der Waals surface area (Å²) in [6.45, 7) is 1.66. The summed E-state index contributed by atoms with van der Waals surface area (Å²) in [5.41, 5.74) is -0.200. The number of hydrogen-bond acceptors (Lipinski definition) is 5. The van der Waals surface area contributed by atoms with Gasteiger partial charge in [0, 0.05) is 37.2 Å². The zero-order valence-corrected chi connectivity index (χ0v) is 15.8. The molecule has 2 aromatic rings. The fraction of sp³-hybridized carbons (Fsp3) is 0.450. The quantitative estimate of drug-likeness (QED) is 0.810. The standard InChI is InChI=1S/C20H24N4O4/c1-23-10-8-20(9-11-23)12-15(14-4-2-3-5-16(14)28-20)21-18(26)13-24-19(27)7-6-17(25)22-24/h2-7,15H,8-13H2,1H3,(H,21,26)(H,22,25)/t15-/m1/s1. The third-order valence-electron chi connectivity index (χ3n) is 5.62. The van der Waals surface area contributed by atoms with Gasteiger partial charge >= 0.3 is 0 Å². The van der Waals surface area contributed by atoms with Gasteiger partial charge in [0.05, 0.1) is 6.04 Å². The molecule has 1 aromatic heterocycles. The van der Waals surface area contributed by atoms with E-state index in [1.807, 2.05) is 24.3 Å². The van der Waals surface area contributed by atoms with E-state index in [1.165, 1.54) is 0 Å². The van der Waals surface area contributed by atoms with Crippen LogP contribution in [0.4, 0.5) is 0 Å². The van der Waals surface area contributed by atoms with Crippen molar-refractivity contribution in [1.82, 2.24) is 20.0 Å². The van der Waals surface area contributed by atoms with Crippen molar-refractivity contribution in [1.29, 1.82) is 0 Å². The van der Waals surface area contributed by atoms with Crippen molar-refractivity contribution < 1.29 is 9.53 Å². The molecule has 1 saturated heterocycles. The number of amides is 1. The smallest absolute Gasteiger partial charge is 0.265 e. The van der Waals surface area contributed by atoms with E-state index in [9.17, 15) is 14.4 Å². The van der Waals surface area contributed by atoms with Crippen LogP contribution in [0.2, 0.25) is 0 Å². The molecule has 0 radical (unpaired) electrons. The first kappa shape index (κ1) is 18.5. The van der Waals surface area contributed by atoms with Crippen LogP contribution in [-0.4, -0.2) is 46.3 Å². The SMILES string of the molecule is CN1CCC2(CC1)C[C@@H](NC(=O)Cn1[nH]c(=O)ccc1=O)c1ccccc1O2. The van der Waals surface area contributed by atoms with Crippen molar-refractivity contribution >= 4 is 5.91 Å². The van der Waals surface area contributed by atoms with Crippen LogP contribution < -0.4 is 21.2 Å². The molecule has 148 valence electrons. The van der Waals surface area contributed by atoms with Crippen LogP contribution in [0.5, 0.6) is 5.75 Å². The zero-order valence-electron chi connectivity index (χ0n) is 15.8. The molecule has 1 amide bonds. The minimum Gasteiger partial charge on any atom is -0.487 e. The highest BCUT2D eigenvalue weighted by Crippen LogP contribution is 2.44. The molecule has 0 aliphatic carbocycles. The van der Waals surface area contributed by atoms with Gasteiger partial charge in [0.25, 0.3) is 11.1 Å². The Morgan fingerprint density at radius 2 is 1.96 bits per heavy atom. The topological polar surface area (TPSA) is 96.4 Å². The van der Waals surface area contributed by atoms with Crippen LogP contribution >= 0.6 is 0 Å². The summed E-state index contributed by atoms with van der Waals surface area (Å²) in [7, 11) is 2.10. The van der Waals surface area contributed by atoms with E-state index in [4.69, 9.17) is 4.74 Å². The third kappa shape index (κ3) is 3.73. The molecule has 1 spiro atoms. The Balaban J connectivity index is 1.55. The van der Waals surface area contributed by atoms with Gasteiger partial charge < -0.3 is 15.0 Å². The molecule has 2 N–H and O–H groups in total. The van der Waals surface area contributed by atoms with Gasteiger partial charge in [-0.2, -0.15) is 0 Å². The number of piperidine rings is 1. The van der Waals surface area contributed by atoms with Gasteiger partial charge in [0.15, 0.2) is 0 Å². The first-order chi connectivity index (χ1) is 13.4. The summed E-state index contributed by atoms with van der Waals surface area (Å²) < 4.78 is 7.42. The number of rotatable bonds is 3. The monoisotopic (exact) mass is 384 g/mol. The molecule has 4 rings (SSSR count). The first-order valence-corrected chi connectivity index (χ1v) is 9.50. The van der Waals surface area contributed by atoms with Crippen molar-refractivity contribution in [2.45, 2.75) is 37.5 Å². The van der Waals surface area contributed by atoms with E-state index in [0.29, 0.717) is 6.42 Å².